The molecule has 1 saturated carbocycles. The van der Waals surface area contributed by atoms with Gasteiger partial charge in [0.25, 0.3) is 0 Å². The van der Waals surface area contributed by atoms with Crippen LogP contribution in [0.5, 0.6) is 0 Å². The first-order chi connectivity index (χ1) is 22.2. The Labute approximate surface area is 283 Å². The number of carbonyl (C=O) groups is 3. The van der Waals surface area contributed by atoms with E-state index in [9.17, 15) is 14.4 Å². The van der Waals surface area contributed by atoms with Crippen LogP contribution in [0.2, 0.25) is 5.02 Å². The molecule has 1 saturated heterocycles. The van der Waals surface area contributed by atoms with Gasteiger partial charge in [-0.25, -0.2) is 4.98 Å². The molecule has 0 unspecified atom stereocenters. The molecule has 0 bridgehead atoms. The number of fused-ring (bicyclic) bond motifs is 1. The van der Waals surface area contributed by atoms with Crippen molar-refractivity contribution in [2.75, 3.05) is 19.8 Å². The molecule has 2 aromatic carbocycles. The molecule has 3 atom stereocenters. The summed E-state index contributed by atoms with van der Waals surface area (Å²) < 4.78 is 5.72. The minimum atomic E-state index is -0.888. The summed E-state index contributed by atoms with van der Waals surface area (Å²) in [5.74, 6) is -0.107. The molecule has 4 N–H and O–H groups in total. The molecule has 1 aliphatic heterocycles. The monoisotopic (exact) mass is 663 g/mol. The van der Waals surface area contributed by atoms with E-state index in [0.29, 0.717) is 43.4 Å². The summed E-state index contributed by atoms with van der Waals surface area (Å²) >= 11 is 6.80. The summed E-state index contributed by atoms with van der Waals surface area (Å²) in [6.07, 6.45) is 3.01. The third-order valence-corrected chi connectivity index (χ3v) is 10.4. The molecule has 0 spiro atoms. The van der Waals surface area contributed by atoms with E-state index in [1.165, 1.54) is 0 Å². The lowest BCUT2D eigenvalue weighted by atomic mass is 9.72. The first-order valence-corrected chi connectivity index (χ1v) is 17.3. The predicted octanol–water partition coefficient (Wildman–Crippen LogP) is 6.33. The number of hydrogen-bond donors (Lipinski definition) is 4. The van der Waals surface area contributed by atoms with Crippen molar-refractivity contribution in [2.24, 2.45) is 16.7 Å². The fraction of sp³-hybridized carbons (Fsp3) is 0.568. The van der Waals surface area contributed by atoms with Crippen molar-refractivity contribution in [3.63, 3.8) is 0 Å². The van der Waals surface area contributed by atoms with Gasteiger partial charge in [-0.1, -0.05) is 77.4 Å². The van der Waals surface area contributed by atoms with Gasteiger partial charge in [0.15, 0.2) is 0 Å². The van der Waals surface area contributed by atoms with Crippen molar-refractivity contribution in [3.8, 4) is 0 Å². The van der Waals surface area contributed by atoms with Crippen LogP contribution in [0.25, 0.3) is 11.0 Å². The Morgan fingerprint density at radius 3 is 2.28 bits per heavy atom. The van der Waals surface area contributed by atoms with Gasteiger partial charge in [-0.2, -0.15) is 0 Å². The number of rotatable bonds is 11. The van der Waals surface area contributed by atoms with E-state index >= 15 is 0 Å². The number of nitrogens with one attached hydrogen (secondary N) is 4. The number of hydrogen-bond acceptors (Lipinski definition) is 5. The van der Waals surface area contributed by atoms with Crippen molar-refractivity contribution >= 4 is 40.4 Å². The molecule has 10 heteroatoms. The molecule has 2 fully saturated rings. The van der Waals surface area contributed by atoms with E-state index in [1.54, 1.807) is 0 Å². The molecular formula is C37H50ClN5O4. The lowest BCUT2D eigenvalue weighted by molar-refractivity contribution is -0.137. The van der Waals surface area contributed by atoms with Crippen LogP contribution in [0.1, 0.15) is 103 Å². The number of imidazole rings is 1. The highest BCUT2D eigenvalue weighted by atomic mass is 35.5. The lowest BCUT2D eigenvalue weighted by Crippen LogP contribution is -2.58. The van der Waals surface area contributed by atoms with E-state index in [1.807, 2.05) is 84.0 Å². The SMILES string of the molecule is CCNC(=O)[C@H](NC(=O)C1(c2ccc3nc([C@@H](NC(=O)C(C)C)[C@H](c4ccccc4Cl)C4(C)CC4)[nH]c3c2)CCOCC1)C(C)(C)C. The number of amides is 3. The van der Waals surface area contributed by atoms with Crippen molar-refractivity contribution in [2.45, 2.75) is 97.6 Å². The van der Waals surface area contributed by atoms with Crippen molar-refractivity contribution in [1.29, 1.82) is 0 Å². The highest BCUT2D eigenvalue weighted by molar-refractivity contribution is 6.31. The maximum absolute atomic E-state index is 14.3. The van der Waals surface area contributed by atoms with Gasteiger partial charge in [0, 0.05) is 36.6 Å². The minimum absolute atomic E-state index is 0.0536. The third-order valence-electron chi connectivity index (χ3n) is 10.1. The molecule has 2 aliphatic rings. The zero-order chi connectivity index (χ0) is 34.1. The Kier molecular flexibility index (Phi) is 10.1. The highest BCUT2D eigenvalue weighted by Gasteiger charge is 2.51. The maximum Gasteiger partial charge on any atom is 0.243 e. The second-order valence-electron chi connectivity index (χ2n) is 15.0. The summed E-state index contributed by atoms with van der Waals surface area (Å²) in [5.41, 5.74) is 1.91. The average Bonchev–Trinajstić information content (AvgIpc) is 3.62. The smallest absolute Gasteiger partial charge is 0.243 e. The molecule has 9 nitrogen and oxygen atoms in total. The van der Waals surface area contributed by atoms with E-state index in [4.69, 9.17) is 21.3 Å². The summed E-state index contributed by atoms with van der Waals surface area (Å²) in [4.78, 5) is 49.2. The molecule has 5 rings (SSSR count). The number of carbonyl (C=O) groups excluding carboxylic acids is 3. The Balaban J connectivity index is 1.56. The number of halogens is 1. The second kappa shape index (κ2) is 13.6. The van der Waals surface area contributed by atoms with Gasteiger partial charge in [0.2, 0.25) is 17.7 Å². The van der Waals surface area contributed by atoms with Crippen LogP contribution in [-0.2, 0) is 24.5 Å². The minimum Gasteiger partial charge on any atom is -0.381 e. The van der Waals surface area contributed by atoms with Crippen LogP contribution < -0.4 is 16.0 Å². The lowest BCUT2D eigenvalue weighted by Gasteiger charge is -2.39. The van der Waals surface area contributed by atoms with Gasteiger partial charge in [0.1, 0.15) is 11.9 Å². The molecule has 3 aromatic rings. The second-order valence-corrected chi connectivity index (χ2v) is 15.4. The third kappa shape index (κ3) is 7.21. The first-order valence-electron chi connectivity index (χ1n) is 16.9. The highest BCUT2D eigenvalue weighted by Crippen LogP contribution is 2.60. The van der Waals surface area contributed by atoms with Gasteiger partial charge >= 0.3 is 0 Å². The molecule has 47 heavy (non-hydrogen) atoms. The molecule has 2 heterocycles. The molecule has 1 aromatic heterocycles. The average molecular weight is 664 g/mol. The Morgan fingerprint density at radius 2 is 1.68 bits per heavy atom. The molecule has 0 radical (unpaired) electrons. The van der Waals surface area contributed by atoms with Crippen LogP contribution in [0, 0.1) is 16.7 Å². The quantitative estimate of drug-likeness (QED) is 0.191. The molecular weight excluding hydrogens is 614 g/mol. The fourth-order valence-corrected chi connectivity index (χ4v) is 7.14. The van der Waals surface area contributed by atoms with E-state index in [0.717, 1.165) is 35.0 Å². The maximum atomic E-state index is 14.3. The summed E-state index contributed by atoms with van der Waals surface area (Å²) in [5, 5.41) is 9.99. The Morgan fingerprint density at radius 1 is 1.00 bits per heavy atom. The zero-order valence-electron chi connectivity index (χ0n) is 28.8. The van der Waals surface area contributed by atoms with Crippen molar-refractivity contribution in [1.82, 2.24) is 25.9 Å². The van der Waals surface area contributed by atoms with Gasteiger partial charge in [-0.15, -0.1) is 0 Å². The topological polar surface area (TPSA) is 125 Å². The van der Waals surface area contributed by atoms with Gasteiger partial charge < -0.3 is 25.7 Å². The van der Waals surface area contributed by atoms with Crippen LogP contribution in [0.3, 0.4) is 0 Å². The fourth-order valence-electron chi connectivity index (χ4n) is 6.88. The number of benzene rings is 2. The van der Waals surface area contributed by atoms with E-state index < -0.39 is 22.9 Å². The van der Waals surface area contributed by atoms with Crippen LogP contribution in [-0.4, -0.2) is 53.5 Å². The number of aromatic nitrogens is 2. The summed E-state index contributed by atoms with van der Waals surface area (Å²) in [6.45, 7) is 15.1. The van der Waals surface area contributed by atoms with Crippen molar-refractivity contribution < 1.29 is 19.1 Å². The summed E-state index contributed by atoms with van der Waals surface area (Å²) in [6, 6.07) is 12.6. The summed E-state index contributed by atoms with van der Waals surface area (Å²) in [7, 11) is 0. The Hall–Kier alpha value is -3.43. The molecule has 3 amide bonds. The normalized spacial score (nSPS) is 19.1. The van der Waals surface area contributed by atoms with Crippen LogP contribution in [0.15, 0.2) is 42.5 Å². The first kappa shape index (κ1) is 34.9. The van der Waals surface area contributed by atoms with Gasteiger partial charge in [0.05, 0.1) is 22.5 Å². The van der Waals surface area contributed by atoms with Crippen LogP contribution >= 0.6 is 11.6 Å². The van der Waals surface area contributed by atoms with Gasteiger partial charge in [-0.05, 0) is 72.8 Å². The number of nitrogens with zero attached hydrogens (tertiary/aromatic N) is 1. The van der Waals surface area contributed by atoms with Crippen LogP contribution in [0.4, 0.5) is 0 Å². The van der Waals surface area contributed by atoms with E-state index in [-0.39, 0.29) is 35.0 Å². The molecule has 254 valence electrons. The number of ether oxygens (including phenoxy) is 1. The van der Waals surface area contributed by atoms with Crippen molar-refractivity contribution in [3.05, 3.63) is 64.4 Å². The van der Waals surface area contributed by atoms with Gasteiger partial charge in [-0.3, -0.25) is 14.4 Å². The Bertz CT molecular complexity index is 1620. The largest absolute Gasteiger partial charge is 0.381 e. The number of H-pyrrole nitrogens is 1. The number of aromatic amines is 1. The van der Waals surface area contributed by atoms with E-state index in [2.05, 4.69) is 27.9 Å². The predicted molar refractivity (Wildman–Crippen MR) is 185 cm³/mol. The standard InChI is InChI=1S/C37H50ClN5O4/c1-8-39-33(45)30(35(4,5)6)43-34(46)37(17-19-47-20-18-37)23-13-14-26-27(21-23)41-31(40-26)29(42-32(44)22(2)3)28(36(7)15-16-36)24-11-9-10-12-25(24)38/h9-14,21-22,28-30H,8,15-20H2,1-7H3,(H,39,45)(H,40,41)(H,42,44)(H,43,46)/t28-,29-,30-/m0/s1. The number of likely N-dealkylation sites (N-methyl/N-ethyl adjacent to an activating group) is 1. The zero-order valence-corrected chi connectivity index (χ0v) is 29.5. The molecule has 1 aliphatic carbocycles.